The molecule has 7 heteroatoms. The summed E-state index contributed by atoms with van der Waals surface area (Å²) in [5.74, 6) is 0.580. The van der Waals surface area contributed by atoms with Gasteiger partial charge in [-0.3, -0.25) is 0 Å². The first-order valence-electron chi connectivity index (χ1n) is 9.57. The number of nitrogens with zero attached hydrogens (tertiary/aromatic N) is 2. The number of amides is 1. The molecule has 1 aliphatic heterocycles. The maximum Gasteiger partial charge on any atom is 0.414 e. The Balaban J connectivity index is 0.00000364. The highest BCUT2D eigenvalue weighted by Crippen LogP contribution is 2.30. The van der Waals surface area contributed by atoms with Gasteiger partial charge in [-0.05, 0) is 12.8 Å². The Morgan fingerprint density at radius 3 is 2.56 bits per heavy atom. The first-order chi connectivity index (χ1) is 12.4. The molecule has 1 atom stereocenters. The van der Waals surface area contributed by atoms with Gasteiger partial charge in [0, 0.05) is 26.6 Å². The predicted octanol–water partition coefficient (Wildman–Crippen LogP) is 0.617. The van der Waals surface area contributed by atoms with Gasteiger partial charge in [0.05, 0.1) is 18.8 Å². The standard InChI is InChI=1S/C20H33N2O4.BrH/c1-6-7-8-9-10-11-18-24-13-16-12-22(5)15(2)19(17(16)14-25-18)26-20(23)21(3)4;/h12,18H,6-11,13-14H2,1-5H3;1H/q+1;/p-1. The van der Waals surface area contributed by atoms with Crippen LogP contribution in [-0.2, 0) is 29.7 Å². The third kappa shape index (κ3) is 6.73. The molecule has 0 fully saturated rings. The Kier molecular flexibility index (Phi) is 10.3. The summed E-state index contributed by atoms with van der Waals surface area (Å²) < 4.78 is 19.5. The summed E-state index contributed by atoms with van der Waals surface area (Å²) in [4.78, 5) is 13.5. The van der Waals surface area contributed by atoms with Crippen LogP contribution in [0.15, 0.2) is 6.20 Å². The van der Waals surface area contributed by atoms with E-state index in [9.17, 15) is 4.79 Å². The third-order valence-corrected chi connectivity index (χ3v) is 4.81. The van der Waals surface area contributed by atoms with Crippen molar-refractivity contribution in [1.29, 1.82) is 0 Å². The molecular formula is C20H33BrN2O4. The quantitative estimate of drug-likeness (QED) is 0.456. The van der Waals surface area contributed by atoms with Crippen molar-refractivity contribution in [3.63, 3.8) is 0 Å². The molecule has 154 valence electrons. The van der Waals surface area contributed by atoms with E-state index in [1.807, 2.05) is 24.7 Å². The minimum absolute atomic E-state index is 0. The van der Waals surface area contributed by atoms with Crippen LogP contribution >= 0.6 is 0 Å². The molecule has 27 heavy (non-hydrogen) atoms. The molecule has 1 aliphatic rings. The number of hydrogen-bond acceptors (Lipinski definition) is 4. The molecule has 2 heterocycles. The van der Waals surface area contributed by atoms with Gasteiger partial charge in [0.15, 0.2) is 12.5 Å². The van der Waals surface area contributed by atoms with E-state index in [-0.39, 0.29) is 29.4 Å². The van der Waals surface area contributed by atoms with Crippen LogP contribution in [0.3, 0.4) is 0 Å². The van der Waals surface area contributed by atoms with Crippen molar-refractivity contribution in [3.05, 3.63) is 23.0 Å². The molecule has 2 rings (SSSR count). The number of rotatable bonds is 7. The SMILES string of the molecule is CCCCCCCC1OCc2c[n+](C)c(C)c(OC(=O)N(C)C)c2CO1.[Br-]. The molecule has 0 spiro atoms. The van der Waals surface area contributed by atoms with Crippen LogP contribution in [0.2, 0.25) is 0 Å². The summed E-state index contributed by atoms with van der Waals surface area (Å²) in [5, 5.41) is 0. The molecule has 6 nitrogen and oxygen atoms in total. The molecule has 0 radical (unpaired) electrons. The molecule has 0 N–H and O–H groups in total. The Bertz CT molecular complexity index is 622. The van der Waals surface area contributed by atoms with E-state index >= 15 is 0 Å². The molecule has 0 bridgehead atoms. The lowest BCUT2D eigenvalue weighted by Crippen LogP contribution is -3.00. The van der Waals surface area contributed by atoms with Gasteiger partial charge in [-0.2, -0.15) is 0 Å². The summed E-state index contributed by atoms with van der Waals surface area (Å²) >= 11 is 0. The number of carbonyl (C=O) groups excluding carboxylic acids is 1. The van der Waals surface area contributed by atoms with Gasteiger partial charge in [-0.15, -0.1) is 0 Å². The minimum atomic E-state index is -0.390. The van der Waals surface area contributed by atoms with Crippen molar-refractivity contribution >= 4 is 6.09 Å². The second-order valence-corrected chi connectivity index (χ2v) is 7.18. The number of carbonyl (C=O) groups is 1. The summed E-state index contributed by atoms with van der Waals surface area (Å²) in [5.41, 5.74) is 2.80. The van der Waals surface area contributed by atoms with Crippen LogP contribution in [0.5, 0.6) is 5.75 Å². The largest absolute Gasteiger partial charge is 1.00 e. The van der Waals surface area contributed by atoms with Crippen LogP contribution < -0.4 is 26.3 Å². The highest BCUT2D eigenvalue weighted by molar-refractivity contribution is 5.70. The number of unbranched alkanes of at least 4 members (excludes halogenated alkanes) is 4. The molecule has 0 aromatic carbocycles. The number of pyridine rings is 1. The van der Waals surface area contributed by atoms with E-state index in [4.69, 9.17) is 14.2 Å². The highest BCUT2D eigenvalue weighted by Gasteiger charge is 2.27. The lowest BCUT2D eigenvalue weighted by Gasteiger charge is -2.16. The summed E-state index contributed by atoms with van der Waals surface area (Å²) in [6.45, 7) is 5.02. The molecular weight excluding hydrogens is 412 g/mol. The lowest BCUT2D eigenvalue weighted by molar-refractivity contribution is -0.678. The first kappa shape index (κ1) is 23.9. The average molecular weight is 445 g/mol. The summed E-state index contributed by atoms with van der Waals surface area (Å²) in [6, 6.07) is 0. The predicted molar refractivity (Wildman–Crippen MR) is 98.8 cm³/mol. The average Bonchev–Trinajstić information content (AvgIpc) is 2.81. The van der Waals surface area contributed by atoms with E-state index < -0.39 is 0 Å². The van der Waals surface area contributed by atoms with Gasteiger partial charge in [0.25, 0.3) is 0 Å². The summed E-state index contributed by atoms with van der Waals surface area (Å²) in [7, 11) is 5.29. The van der Waals surface area contributed by atoms with Crippen molar-refractivity contribution in [2.24, 2.45) is 7.05 Å². The monoisotopic (exact) mass is 444 g/mol. The van der Waals surface area contributed by atoms with Crippen LogP contribution in [0.4, 0.5) is 4.79 Å². The van der Waals surface area contributed by atoms with E-state index in [1.165, 1.54) is 30.6 Å². The second-order valence-electron chi connectivity index (χ2n) is 7.18. The molecule has 1 aromatic heterocycles. The highest BCUT2D eigenvalue weighted by atomic mass is 79.9. The van der Waals surface area contributed by atoms with Crippen LogP contribution in [-0.4, -0.2) is 31.4 Å². The Morgan fingerprint density at radius 2 is 1.89 bits per heavy atom. The molecule has 0 saturated carbocycles. The Labute approximate surface area is 173 Å². The number of aryl methyl sites for hydroxylation is 1. The molecule has 1 unspecified atom stereocenters. The Morgan fingerprint density at radius 1 is 1.22 bits per heavy atom. The van der Waals surface area contributed by atoms with Gasteiger partial charge in [0.1, 0.15) is 7.05 Å². The lowest BCUT2D eigenvalue weighted by atomic mass is 10.1. The first-order valence-corrected chi connectivity index (χ1v) is 9.57. The third-order valence-electron chi connectivity index (χ3n) is 4.81. The van der Waals surface area contributed by atoms with Crippen LogP contribution in [0, 0.1) is 6.92 Å². The van der Waals surface area contributed by atoms with Gasteiger partial charge < -0.3 is 36.1 Å². The fourth-order valence-corrected chi connectivity index (χ4v) is 3.02. The van der Waals surface area contributed by atoms with Crippen LogP contribution in [0.1, 0.15) is 62.3 Å². The van der Waals surface area contributed by atoms with Gasteiger partial charge in [-0.25, -0.2) is 9.36 Å². The number of ether oxygens (including phenoxy) is 3. The maximum atomic E-state index is 12.1. The van der Waals surface area contributed by atoms with Gasteiger partial charge in [0.2, 0.25) is 11.4 Å². The van der Waals surface area contributed by atoms with Crippen molar-refractivity contribution < 1.29 is 40.6 Å². The number of hydrogen-bond donors (Lipinski definition) is 0. The van der Waals surface area contributed by atoms with Crippen molar-refractivity contribution in [3.8, 4) is 5.75 Å². The summed E-state index contributed by atoms with van der Waals surface area (Å²) in [6.07, 6.45) is 8.46. The molecule has 0 saturated heterocycles. The van der Waals surface area contributed by atoms with E-state index in [0.29, 0.717) is 19.0 Å². The fourth-order valence-electron chi connectivity index (χ4n) is 3.02. The van der Waals surface area contributed by atoms with Crippen molar-refractivity contribution in [2.75, 3.05) is 14.1 Å². The maximum absolute atomic E-state index is 12.1. The molecule has 1 aromatic rings. The van der Waals surface area contributed by atoms with Crippen molar-refractivity contribution in [1.82, 2.24) is 4.90 Å². The second kappa shape index (κ2) is 11.6. The number of aromatic nitrogens is 1. The number of fused-ring (bicyclic) bond motifs is 1. The smallest absolute Gasteiger partial charge is 0.414 e. The minimum Gasteiger partial charge on any atom is -1.00 e. The zero-order valence-electron chi connectivity index (χ0n) is 17.2. The zero-order valence-corrected chi connectivity index (χ0v) is 18.8. The molecule has 1 amide bonds. The topological polar surface area (TPSA) is 51.9 Å². The normalized spacial score (nSPS) is 16.1. The van der Waals surface area contributed by atoms with E-state index in [0.717, 1.165) is 29.7 Å². The van der Waals surface area contributed by atoms with Crippen LogP contribution in [0.25, 0.3) is 0 Å². The van der Waals surface area contributed by atoms with Gasteiger partial charge in [-0.1, -0.05) is 32.6 Å². The fraction of sp³-hybridized carbons (Fsp3) is 0.700. The van der Waals surface area contributed by atoms with Crippen molar-refractivity contribution in [2.45, 2.75) is 71.9 Å². The Hall–Kier alpha value is -1.18. The van der Waals surface area contributed by atoms with Gasteiger partial charge >= 0.3 is 6.09 Å². The number of halogens is 1. The zero-order chi connectivity index (χ0) is 19.1. The van der Waals surface area contributed by atoms with E-state index in [1.54, 1.807) is 14.1 Å². The molecule has 0 aliphatic carbocycles. The van der Waals surface area contributed by atoms with E-state index in [2.05, 4.69) is 6.92 Å².